The predicted molar refractivity (Wildman–Crippen MR) is 76.8 cm³/mol. The zero-order valence-electron chi connectivity index (χ0n) is 13.0. The first-order chi connectivity index (χ1) is 10.3. The van der Waals surface area contributed by atoms with Crippen molar-refractivity contribution in [1.82, 2.24) is 14.8 Å². The molecule has 0 aromatic carbocycles. The fourth-order valence-electron chi connectivity index (χ4n) is 3.34. The summed E-state index contributed by atoms with van der Waals surface area (Å²) in [7, 11) is 1.51. The molecule has 2 aliphatic heterocycles. The van der Waals surface area contributed by atoms with Gasteiger partial charge in [0.2, 0.25) is 5.91 Å². The second kappa shape index (κ2) is 7.14. The Bertz CT molecular complexity index is 375. The lowest BCUT2D eigenvalue weighted by Crippen LogP contribution is -2.50. The van der Waals surface area contributed by atoms with Crippen LogP contribution in [-0.2, 0) is 4.79 Å². The maximum atomic E-state index is 12.4. The maximum Gasteiger partial charge on any atom is 0.401 e. The molecule has 2 fully saturated rings. The molecule has 2 N–H and O–H groups in total. The van der Waals surface area contributed by atoms with Gasteiger partial charge in [-0.05, 0) is 32.7 Å². The van der Waals surface area contributed by atoms with Crippen molar-refractivity contribution in [1.29, 1.82) is 0 Å². The number of carbonyl (C=O) groups is 1. The summed E-state index contributed by atoms with van der Waals surface area (Å²) in [6.45, 7) is 1.66. The number of nitrogens with two attached hydrogens (primary N) is 1. The molecule has 0 bridgehead atoms. The highest BCUT2D eigenvalue weighted by Gasteiger charge is 2.35. The van der Waals surface area contributed by atoms with Gasteiger partial charge in [0.05, 0.1) is 6.54 Å². The fraction of sp³-hybridized carbons (Fsp3) is 0.929. The molecule has 22 heavy (non-hydrogen) atoms. The molecule has 8 heteroatoms. The van der Waals surface area contributed by atoms with E-state index in [0.29, 0.717) is 25.9 Å². The molecule has 2 rings (SSSR count). The summed E-state index contributed by atoms with van der Waals surface area (Å²) in [5, 5.41) is 1.72. The summed E-state index contributed by atoms with van der Waals surface area (Å²) in [6, 6.07) is -0.100. The number of amides is 1. The van der Waals surface area contributed by atoms with Crippen LogP contribution in [0.3, 0.4) is 0 Å². The second-order valence-corrected chi connectivity index (χ2v) is 6.40. The van der Waals surface area contributed by atoms with E-state index in [2.05, 4.69) is 0 Å². The molecule has 2 aliphatic rings. The van der Waals surface area contributed by atoms with E-state index in [1.54, 1.807) is 5.01 Å². The van der Waals surface area contributed by atoms with Crippen LogP contribution >= 0.6 is 0 Å². The van der Waals surface area contributed by atoms with Gasteiger partial charge in [-0.2, -0.15) is 13.2 Å². The van der Waals surface area contributed by atoms with Crippen LogP contribution in [0, 0.1) is 5.92 Å². The molecule has 0 aliphatic carbocycles. The topological polar surface area (TPSA) is 52.8 Å². The summed E-state index contributed by atoms with van der Waals surface area (Å²) in [4.78, 5) is 15.6. The molecule has 2 saturated heterocycles. The van der Waals surface area contributed by atoms with Gasteiger partial charge in [0.1, 0.15) is 0 Å². The smallest absolute Gasteiger partial charge is 0.342 e. The van der Waals surface area contributed by atoms with Crippen LogP contribution in [-0.4, -0.2) is 72.7 Å². The summed E-state index contributed by atoms with van der Waals surface area (Å²) in [5.41, 5.74) is 0. The normalized spacial score (nSPS) is 23.3. The third-order valence-electron chi connectivity index (χ3n) is 4.71. The van der Waals surface area contributed by atoms with E-state index in [1.165, 1.54) is 11.9 Å². The van der Waals surface area contributed by atoms with E-state index < -0.39 is 12.7 Å². The predicted octanol–water partition coefficient (Wildman–Crippen LogP) is 1.06. The van der Waals surface area contributed by atoms with Gasteiger partial charge < -0.3 is 4.90 Å². The lowest BCUT2D eigenvalue weighted by Gasteiger charge is -2.39. The molecule has 0 atom stereocenters. The zero-order chi connectivity index (χ0) is 16.3. The molecule has 0 aromatic heterocycles. The van der Waals surface area contributed by atoms with Gasteiger partial charge in [-0.25, -0.2) is 5.01 Å². The van der Waals surface area contributed by atoms with Crippen LogP contribution in [0.15, 0.2) is 0 Å². The minimum absolute atomic E-state index is 0.0178. The molecule has 1 amide bonds. The Morgan fingerprint density at radius 1 is 1.14 bits per heavy atom. The Labute approximate surface area is 129 Å². The van der Waals surface area contributed by atoms with Crippen LogP contribution in [0.4, 0.5) is 13.2 Å². The maximum absolute atomic E-state index is 12.4. The van der Waals surface area contributed by atoms with Crippen molar-refractivity contribution in [2.24, 2.45) is 11.8 Å². The van der Waals surface area contributed by atoms with Crippen LogP contribution in [0.2, 0.25) is 0 Å². The summed E-state index contributed by atoms with van der Waals surface area (Å²) in [6.07, 6.45) is -1.42. The van der Waals surface area contributed by atoms with Gasteiger partial charge in [0, 0.05) is 38.1 Å². The Hall–Kier alpha value is -0.860. The SMILES string of the molecule is CN(CC(F)(F)F)C1CCN(C(=O)C2CCN(N)CC2)CC1. The van der Waals surface area contributed by atoms with E-state index in [4.69, 9.17) is 5.84 Å². The number of alkyl halides is 3. The second-order valence-electron chi connectivity index (χ2n) is 6.40. The molecule has 0 spiro atoms. The number of nitrogens with zero attached hydrogens (tertiary/aromatic N) is 3. The highest BCUT2D eigenvalue weighted by atomic mass is 19.4. The first kappa shape index (κ1) is 17.5. The Kier molecular flexibility index (Phi) is 5.68. The highest BCUT2D eigenvalue weighted by molar-refractivity contribution is 5.79. The van der Waals surface area contributed by atoms with Crippen LogP contribution < -0.4 is 5.84 Å². The summed E-state index contributed by atoms with van der Waals surface area (Å²) >= 11 is 0. The summed E-state index contributed by atoms with van der Waals surface area (Å²) in [5.74, 6) is 5.85. The first-order valence-corrected chi connectivity index (χ1v) is 7.81. The molecule has 0 aromatic rings. The lowest BCUT2D eigenvalue weighted by atomic mass is 9.94. The minimum Gasteiger partial charge on any atom is -0.342 e. The van der Waals surface area contributed by atoms with Crippen LogP contribution in [0.25, 0.3) is 0 Å². The van der Waals surface area contributed by atoms with Crippen molar-refractivity contribution < 1.29 is 18.0 Å². The zero-order valence-corrected chi connectivity index (χ0v) is 13.0. The Balaban J connectivity index is 1.78. The van der Waals surface area contributed by atoms with Crippen LogP contribution in [0.1, 0.15) is 25.7 Å². The van der Waals surface area contributed by atoms with E-state index in [0.717, 1.165) is 25.9 Å². The number of hydrogen-bond donors (Lipinski definition) is 1. The number of rotatable bonds is 3. The number of piperidine rings is 2. The standard InChI is InChI=1S/C14H25F3N4O/c1-19(10-14(15,16)17)12-4-6-20(7-5-12)13(22)11-2-8-21(18)9-3-11/h11-12H,2-10,18H2,1H3. The number of hydrazine groups is 1. The third-order valence-corrected chi connectivity index (χ3v) is 4.71. The van der Waals surface area contributed by atoms with Crippen molar-refractivity contribution in [3.63, 3.8) is 0 Å². The van der Waals surface area contributed by atoms with Crippen molar-refractivity contribution in [2.75, 3.05) is 39.8 Å². The molecule has 2 heterocycles. The molecular formula is C14H25F3N4O. The van der Waals surface area contributed by atoms with E-state index >= 15 is 0 Å². The minimum atomic E-state index is -4.17. The van der Waals surface area contributed by atoms with E-state index in [1.807, 2.05) is 4.90 Å². The van der Waals surface area contributed by atoms with Gasteiger partial charge in [-0.3, -0.25) is 15.5 Å². The Morgan fingerprint density at radius 3 is 2.18 bits per heavy atom. The van der Waals surface area contributed by atoms with Gasteiger partial charge in [-0.1, -0.05) is 0 Å². The number of carbonyl (C=O) groups excluding carboxylic acids is 1. The monoisotopic (exact) mass is 322 g/mol. The number of halogens is 3. The van der Waals surface area contributed by atoms with Gasteiger partial charge in [0.25, 0.3) is 0 Å². The van der Waals surface area contributed by atoms with Gasteiger partial charge in [-0.15, -0.1) is 0 Å². The van der Waals surface area contributed by atoms with Crippen molar-refractivity contribution in [3.05, 3.63) is 0 Å². The summed E-state index contributed by atoms with van der Waals surface area (Å²) < 4.78 is 37.3. The van der Waals surface area contributed by atoms with Gasteiger partial charge in [0.15, 0.2) is 0 Å². The van der Waals surface area contributed by atoms with Crippen LogP contribution in [0.5, 0.6) is 0 Å². The molecule has 128 valence electrons. The Morgan fingerprint density at radius 2 is 1.68 bits per heavy atom. The van der Waals surface area contributed by atoms with E-state index in [-0.39, 0.29) is 17.9 Å². The molecule has 0 unspecified atom stereocenters. The third kappa shape index (κ3) is 4.82. The van der Waals surface area contributed by atoms with Crippen molar-refractivity contribution in [3.8, 4) is 0 Å². The number of likely N-dealkylation sites (tertiary alicyclic amines) is 1. The van der Waals surface area contributed by atoms with E-state index in [9.17, 15) is 18.0 Å². The molecule has 0 radical (unpaired) electrons. The van der Waals surface area contributed by atoms with Crippen molar-refractivity contribution in [2.45, 2.75) is 37.9 Å². The highest BCUT2D eigenvalue weighted by Crippen LogP contribution is 2.24. The fourth-order valence-corrected chi connectivity index (χ4v) is 3.34. The molecule has 0 saturated carbocycles. The average molecular weight is 322 g/mol. The first-order valence-electron chi connectivity index (χ1n) is 7.81. The largest absolute Gasteiger partial charge is 0.401 e. The quantitative estimate of drug-likeness (QED) is 0.790. The van der Waals surface area contributed by atoms with Crippen molar-refractivity contribution >= 4 is 5.91 Å². The number of hydrogen-bond acceptors (Lipinski definition) is 4. The molecular weight excluding hydrogens is 297 g/mol. The molecule has 5 nitrogen and oxygen atoms in total. The lowest BCUT2D eigenvalue weighted by molar-refractivity contribution is -0.151. The average Bonchev–Trinajstić information content (AvgIpc) is 2.46. The van der Waals surface area contributed by atoms with Gasteiger partial charge >= 0.3 is 6.18 Å².